The minimum Gasteiger partial charge on any atom is -0.493 e. The summed E-state index contributed by atoms with van der Waals surface area (Å²) >= 11 is 7.25. The molecule has 0 unspecified atom stereocenters. The van der Waals surface area contributed by atoms with Crippen LogP contribution >= 0.6 is 34.8 Å². The molecule has 0 spiro atoms. The number of thiocarbonyl (C=S) groups is 1. The molecule has 2 aromatic carbocycles. The van der Waals surface area contributed by atoms with Gasteiger partial charge >= 0.3 is 5.97 Å². The summed E-state index contributed by atoms with van der Waals surface area (Å²) in [6, 6.07) is 9.04. The van der Waals surface area contributed by atoms with Crippen molar-refractivity contribution in [1.82, 2.24) is 5.32 Å². The number of halogens is 1. The van der Waals surface area contributed by atoms with E-state index in [2.05, 4.69) is 27.9 Å². The van der Waals surface area contributed by atoms with Gasteiger partial charge in [0.1, 0.15) is 5.57 Å². The molecule has 0 radical (unpaired) electrons. The second-order valence-corrected chi connectivity index (χ2v) is 7.83. The predicted octanol–water partition coefficient (Wildman–Crippen LogP) is 3.23. The Labute approximate surface area is 197 Å². The number of amides is 2. The molecule has 1 aliphatic rings. The van der Waals surface area contributed by atoms with Crippen LogP contribution < -0.4 is 19.7 Å². The van der Waals surface area contributed by atoms with Crippen LogP contribution in [0.2, 0.25) is 0 Å². The third kappa shape index (κ3) is 4.69. The van der Waals surface area contributed by atoms with E-state index in [-0.39, 0.29) is 16.2 Å². The van der Waals surface area contributed by atoms with Crippen LogP contribution in [0, 0.1) is 3.57 Å². The van der Waals surface area contributed by atoms with Gasteiger partial charge < -0.3 is 14.6 Å². The third-order valence-corrected chi connectivity index (χ3v) is 5.41. The molecule has 1 fully saturated rings. The van der Waals surface area contributed by atoms with Crippen molar-refractivity contribution in [2.75, 3.05) is 18.6 Å². The number of rotatable bonds is 6. The van der Waals surface area contributed by atoms with Gasteiger partial charge in [0.15, 0.2) is 16.6 Å². The number of carbonyl (C=O) groups excluding carboxylic acids is 2. The molecular weight excluding hydrogens is 535 g/mol. The number of hydrogen-bond acceptors (Lipinski definition) is 6. The van der Waals surface area contributed by atoms with Crippen LogP contribution in [0.25, 0.3) is 6.08 Å². The highest BCUT2D eigenvalue weighted by molar-refractivity contribution is 14.1. The summed E-state index contributed by atoms with van der Waals surface area (Å²) in [5.41, 5.74) is 0.842. The number of carboxylic acid groups (broad SMARTS) is 1. The van der Waals surface area contributed by atoms with E-state index in [0.29, 0.717) is 29.4 Å². The van der Waals surface area contributed by atoms with Gasteiger partial charge in [-0.3, -0.25) is 19.8 Å². The lowest BCUT2D eigenvalue weighted by molar-refractivity contribution is -0.122. The van der Waals surface area contributed by atoms with Crippen LogP contribution in [0.5, 0.6) is 11.5 Å². The van der Waals surface area contributed by atoms with Crippen molar-refractivity contribution in [3.63, 3.8) is 0 Å². The first-order valence-corrected chi connectivity index (χ1v) is 10.5. The van der Waals surface area contributed by atoms with Crippen molar-refractivity contribution in [2.45, 2.75) is 6.92 Å². The normalized spacial score (nSPS) is 15.1. The maximum atomic E-state index is 13.1. The van der Waals surface area contributed by atoms with Crippen LogP contribution in [-0.2, 0) is 9.59 Å². The van der Waals surface area contributed by atoms with Gasteiger partial charge in [0.2, 0.25) is 0 Å². The Morgan fingerprint density at radius 1 is 1.26 bits per heavy atom. The number of anilines is 1. The van der Waals surface area contributed by atoms with Gasteiger partial charge in [0.25, 0.3) is 11.8 Å². The largest absolute Gasteiger partial charge is 0.493 e. The van der Waals surface area contributed by atoms with Crippen LogP contribution in [0.15, 0.2) is 42.0 Å². The molecule has 2 amide bonds. The Morgan fingerprint density at radius 2 is 1.94 bits per heavy atom. The molecule has 0 aliphatic carbocycles. The smallest absolute Gasteiger partial charge is 0.335 e. The lowest BCUT2D eigenvalue weighted by atomic mass is 10.1. The number of aromatic carboxylic acids is 1. The van der Waals surface area contributed by atoms with Gasteiger partial charge in [0.05, 0.1) is 28.5 Å². The van der Waals surface area contributed by atoms with Crippen molar-refractivity contribution in [1.29, 1.82) is 0 Å². The molecule has 2 aromatic rings. The molecule has 2 N–H and O–H groups in total. The number of nitrogens with zero attached hydrogens (tertiary/aromatic N) is 1. The van der Waals surface area contributed by atoms with E-state index in [0.717, 1.165) is 8.47 Å². The van der Waals surface area contributed by atoms with E-state index >= 15 is 0 Å². The topological polar surface area (TPSA) is 105 Å². The number of nitrogens with one attached hydrogen (secondary N) is 1. The molecule has 0 aromatic heterocycles. The molecule has 31 heavy (non-hydrogen) atoms. The molecule has 3 rings (SSSR count). The fourth-order valence-electron chi connectivity index (χ4n) is 2.92. The van der Waals surface area contributed by atoms with Gasteiger partial charge in [-0.05, 0) is 89.8 Å². The minimum absolute atomic E-state index is 0.0648. The molecule has 1 saturated heterocycles. The van der Waals surface area contributed by atoms with Crippen LogP contribution in [0.4, 0.5) is 5.69 Å². The fraction of sp³-hybridized carbons (Fsp3) is 0.143. The summed E-state index contributed by atoms with van der Waals surface area (Å²) in [7, 11) is 1.50. The Morgan fingerprint density at radius 3 is 2.52 bits per heavy atom. The highest BCUT2D eigenvalue weighted by Gasteiger charge is 2.34. The lowest BCUT2D eigenvalue weighted by Gasteiger charge is -2.29. The Bertz CT molecular complexity index is 1110. The maximum absolute atomic E-state index is 13.1. The highest BCUT2D eigenvalue weighted by atomic mass is 127. The van der Waals surface area contributed by atoms with Crippen molar-refractivity contribution < 1.29 is 29.0 Å². The monoisotopic (exact) mass is 552 g/mol. The molecule has 10 heteroatoms. The SMILES string of the molecule is CCOc1c(I)cc(/C=C2/C(=O)NC(=S)N(c3ccc(C(=O)O)cc3)C2=O)cc1OC. The van der Waals surface area contributed by atoms with E-state index in [1.54, 1.807) is 12.1 Å². The van der Waals surface area contributed by atoms with Crippen molar-refractivity contribution in [3.8, 4) is 11.5 Å². The van der Waals surface area contributed by atoms with Crippen molar-refractivity contribution in [2.24, 2.45) is 0 Å². The maximum Gasteiger partial charge on any atom is 0.335 e. The third-order valence-electron chi connectivity index (χ3n) is 4.33. The summed E-state index contributed by atoms with van der Waals surface area (Å²) in [5, 5.41) is 11.5. The van der Waals surface area contributed by atoms with Crippen LogP contribution in [0.1, 0.15) is 22.8 Å². The van der Waals surface area contributed by atoms with Gasteiger partial charge in [-0.2, -0.15) is 0 Å². The number of benzene rings is 2. The summed E-state index contributed by atoms with van der Waals surface area (Å²) in [6.45, 7) is 2.32. The summed E-state index contributed by atoms with van der Waals surface area (Å²) in [5.74, 6) is -1.29. The summed E-state index contributed by atoms with van der Waals surface area (Å²) < 4.78 is 11.7. The molecule has 1 heterocycles. The zero-order chi connectivity index (χ0) is 22.7. The highest BCUT2D eigenvalue weighted by Crippen LogP contribution is 2.35. The quantitative estimate of drug-likeness (QED) is 0.246. The predicted molar refractivity (Wildman–Crippen MR) is 126 cm³/mol. The Balaban J connectivity index is 2.01. The molecule has 0 bridgehead atoms. The first-order valence-electron chi connectivity index (χ1n) is 9.02. The van der Waals surface area contributed by atoms with Crippen molar-refractivity contribution in [3.05, 3.63) is 56.7 Å². The van der Waals surface area contributed by atoms with E-state index < -0.39 is 17.8 Å². The van der Waals surface area contributed by atoms with E-state index in [1.165, 1.54) is 37.5 Å². The first kappa shape index (κ1) is 22.7. The summed E-state index contributed by atoms with van der Waals surface area (Å²) in [4.78, 5) is 37.8. The minimum atomic E-state index is -1.09. The summed E-state index contributed by atoms with van der Waals surface area (Å²) in [6.07, 6.45) is 1.44. The second kappa shape index (κ2) is 9.43. The number of methoxy groups -OCH3 is 1. The number of hydrogen-bond donors (Lipinski definition) is 2. The zero-order valence-electron chi connectivity index (χ0n) is 16.5. The standard InChI is InChI=1S/C21H17IN2O6S/c1-3-30-17-15(22)9-11(10-16(17)29-2)8-14-18(25)23-21(31)24(19(14)26)13-6-4-12(5-7-13)20(27)28/h4-10H,3H2,1-2H3,(H,27,28)(H,23,25,31)/b14-8-. The average molecular weight is 552 g/mol. The Hall–Kier alpha value is -2.99. The van der Waals surface area contributed by atoms with E-state index in [9.17, 15) is 14.4 Å². The molecule has 8 nitrogen and oxygen atoms in total. The van der Waals surface area contributed by atoms with Crippen LogP contribution in [0.3, 0.4) is 0 Å². The van der Waals surface area contributed by atoms with Gasteiger partial charge in [-0.25, -0.2) is 4.79 Å². The number of carboxylic acids is 1. The molecule has 0 saturated carbocycles. The van der Waals surface area contributed by atoms with Crippen LogP contribution in [-0.4, -0.2) is 41.7 Å². The van der Waals surface area contributed by atoms with Gasteiger partial charge in [-0.15, -0.1) is 0 Å². The first-order chi connectivity index (χ1) is 14.8. The van der Waals surface area contributed by atoms with Gasteiger partial charge in [0, 0.05) is 0 Å². The average Bonchev–Trinajstić information content (AvgIpc) is 2.73. The van der Waals surface area contributed by atoms with Gasteiger partial charge in [-0.1, -0.05) is 0 Å². The number of carbonyl (C=O) groups is 3. The molecule has 0 atom stereocenters. The molecular formula is C21H17IN2O6S. The molecule has 160 valence electrons. The zero-order valence-corrected chi connectivity index (χ0v) is 19.4. The Kier molecular flexibility index (Phi) is 6.91. The second-order valence-electron chi connectivity index (χ2n) is 6.28. The van der Waals surface area contributed by atoms with E-state index in [4.69, 9.17) is 26.8 Å². The fourth-order valence-corrected chi connectivity index (χ4v) is 3.98. The van der Waals surface area contributed by atoms with E-state index in [1.807, 2.05) is 6.92 Å². The lowest BCUT2D eigenvalue weighted by Crippen LogP contribution is -2.54. The van der Waals surface area contributed by atoms with Crippen molar-refractivity contribution >= 4 is 69.5 Å². The number of ether oxygens (including phenoxy) is 2. The molecule has 1 aliphatic heterocycles.